The van der Waals surface area contributed by atoms with Gasteiger partial charge in [-0.05, 0) is 38.0 Å². The van der Waals surface area contributed by atoms with E-state index in [1.807, 2.05) is 11.8 Å². The number of hydrogen-bond donors (Lipinski definition) is 1. The van der Waals surface area contributed by atoms with E-state index >= 15 is 0 Å². The van der Waals surface area contributed by atoms with Crippen LogP contribution in [0.2, 0.25) is 0 Å². The van der Waals surface area contributed by atoms with Crippen LogP contribution in [0.4, 0.5) is 8.78 Å². The smallest absolute Gasteiger partial charge is 0.127 e. The predicted molar refractivity (Wildman–Crippen MR) is 61.5 cm³/mol. The molecular weight excluding hydrogens is 224 g/mol. The Morgan fingerprint density at radius 1 is 1.29 bits per heavy atom. The minimum absolute atomic E-state index is 0.372. The van der Waals surface area contributed by atoms with Gasteiger partial charge in [-0.1, -0.05) is 0 Å². The zero-order valence-electron chi connectivity index (χ0n) is 9.92. The van der Waals surface area contributed by atoms with E-state index < -0.39 is 11.4 Å². The second-order valence-corrected chi connectivity index (χ2v) is 5.01. The molecule has 17 heavy (non-hydrogen) atoms. The van der Waals surface area contributed by atoms with Gasteiger partial charge in [0.1, 0.15) is 11.6 Å². The van der Waals surface area contributed by atoms with Gasteiger partial charge < -0.3 is 5.11 Å². The van der Waals surface area contributed by atoms with Crippen LogP contribution >= 0.6 is 0 Å². The van der Waals surface area contributed by atoms with E-state index in [4.69, 9.17) is 0 Å². The van der Waals surface area contributed by atoms with E-state index in [0.29, 0.717) is 38.0 Å². The number of piperidine rings is 1. The average Bonchev–Trinajstić information content (AvgIpc) is 2.26. The summed E-state index contributed by atoms with van der Waals surface area (Å²) in [5.41, 5.74) is -0.233. The Kier molecular flexibility index (Phi) is 3.45. The van der Waals surface area contributed by atoms with E-state index in [0.717, 1.165) is 12.1 Å². The largest absolute Gasteiger partial charge is 0.390 e. The van der Waals surface area contributed by atoms with Crippen LogP contribution in [0.1, 0.15) is 25.3 Å². The van der Waals surface area contributed by atoms with Gasteiger partial charge in [0.2, 0.25) is 0 Å². The number of hydrogen-bond acceptors (Lipinski definition) is 2. The van der Waals surface area contributed by atoms with Crippen LogP contribution in [-0.4, -0.2) is 28.7 Å². The molecule has 1 aromatic carbocycles. The Labute approximate surface area is 99.9 Å². The summed E-state index contributed by atoms with van der Waals surface area (Å²) < 4.78 is 26.4. The van der Waals surface area contributed by atoms with Gasteiger partial charge in [-0.3, -0.25) is 4.90 Å². The molecule has 1 N–H and O–H groups in total. The van der Waals surface area contributed by atoms with Crippen molar-refractivity contribution in [1.29, 1.82) is 0 Å². The number of benzene rings is 1. The van der Waals surface area contributed by atoms with Gasteiger partial charge in [-0.25, -0.2) is 8.78 Å². The summed E-state index contributed by atoms with van der Waals surface area (Å²) >= 11 is 0. The van der Waals surface area contributed by atoms with Crippen molar-refractivity contribution < 1.29 is 13.9 Å². The van der Waals surface area contributed by atoms with Gasteiger partial charge in [0.15, 0.2) is 0 Å². The van der Waals surface area contributed by atoms with Gasteiger partial charge in [0, 0.05) is 25.2 Å². The van der Waals surface area contributed by atoms with Crippen molar-refractivity contribution in [3.05, 3.63) is 35.4 Å². The Morgan fingerprint density at radius 2 is 1.94 bits per heavy atom. The second-order valence-electron chi connectivity index (χ2n) is 5.01. The fourth-order valence-corrected chi connectivity index (χ4v) is 2.10. The summed E-state index contributed by atoms with van der Waals surface area (Å²) in [7, 11) is 0. The second kappa shape index (κ2) is 4.70. The lowest BCUT2D eigenvalue weighted by Gasteiger charge is -2.35. The molecule has 1 aliphatic rings. The Bertz CT molecular complexity index is 396. The molecule has 0 aliphatic carbocycles. The first-order chi connectivity index (χ1) is 7.96. The number of aliphatic hydroxyl groups is 1. The molecule has 4 heteroatoms. The molecule has 94 valence electrons. The Morgan fingerprint density at radius 3 is 2.59 bits per heavy atom. The molecule has 0 unspecified atom stereocenters. The van der Waals surface area contributed by atoms with Crippen molar-refractivity contribution in [3.8, 4) is 0 Å². The molecule has 0 aromatic heterocycles. The fraction of sp³-hybridized carbons (Fsp3) is 0.538. The van der Waals surface area contributed by atoms with Crippen LogP contribution in [0.15, 0.2) is 18.2 Å². The zero-order valence-corrected chi connectivity index (χ0v) is 9.92. The fourth-order valence-electron chi connectivity index (χ4n) is 2.10. The minimum Gasteiger partial charge on any atom is -0.390 e. The monoisotopic (exact) mass is 241 g/mol. The molecule has 0 radical (unpaired) electrons. The summed E-state index contributed by atoms with van der Waals surface area (Å²) in [4.78, 5) is 2.04. The topological polar surface area (TPSA) is 23.5 Å². The third kappa shape index (κ3) is 3.23. The zero-order chi connectivity index (χ0) is 12.5. The highest BCUT2D eigenvalue weighted by atomic mass is 19.1. The first kappa shape index (κ1) is 12.5. The summed E-state index contributed by atoms with van der Waals surface area (Å²) in [6.45, 7) is 3.64. The van der Waals surface area contributed by atoms with E-state index in [-0.39, 0.29) is 5.82 Å². The third-order valence-corrected chi connectivity index (χ3v) is 3.33. The van der Waals surface area contributed by atoms with Crippen molar-refractivity contribution in [1.82, 2.24) is 4.90 Å². The van der Waals surface area contributed by atoms with Crippen molar-refractivity contribution in [2.24, 2.45) is 0 Å². The minimum atomic E-state index is -0.614. The molecular formula is C13H17F2NO. The Balaban J connectivity index is 2.00. The summed E-state index contributed by atoms with van der Waals surface area (Å²) in [6.07, 6.45) is 1.34. The molecule has 1 fully saturated rings. The van der Waals surface area contributed by atoms with Crippen molar-refractivity contribution >= 4 is 0 Å². The first-order valence-corrected chi connectivity index (χ1v) is 5.85. The number of likely N-dealkylation sites (tertiary alicyclic amines) is 1. The Hall–Kier alpha value is -1.00. The maximum atomic E-state index is 13.4. The molecule has 2 nitrogen and oxygen atoms in total. The van der Waals surface area contributed by atoms with Crippen molar-refractivity contribution in [2.75, 3.05) is 13.1 Å². The normalized spacial score (nSPS) is 20.5. The SMILES string of the molecule is CC1(O)CCN(Cc2cc(F)ccc2F)CC1. The molecule has 1 heterocycles. The van der Waals surface area contributed by atoms with Crippen molar-refractivity contribution in [3.63, 3.8) is 0 Å². The molecule has 1 saturated heterocycles. The molecule has 2 rings (SSSR count). The van der Waals surface area contributed by atoms with Gasteiger partial charge in [-0.2, -0.15) is 0 Å². The highest BCUT2D eigenvalue weighted by Crippen LogP contribution is 2.23. The predicted octanol–water partition coefficient (Wildman–Crippen LogP) is 2.31. The molecule has 0 atom stereocenters. The lowest BCUT2D eigenvalue weighted by molar-refractivity contribution is -0.00751. The van der Waals surface area contributed by atoms with Crippen LogP contribution in [-0.2, 0) is 6.54 Å². The number of rotatable bonds is 2. The van der Waals surface area contributed by atoms with Crippen LogP contribution < -0.4 is 0 Å². The maximum absolute atomic E-state index is 13.4. The molecule has 1 aliphatic heterocycles. The van der Waals surface area contributed by atoms with Gasteiger partial charge >= 0.3 is 0 Å². The lowest BCUT2D eigenvalue weighted by atomic mass is 9.93. The average molecular weight is 241 g/mol. The molecule has 0 amide bonds. The van der Waals surface area contributed by atoms with Crippen LogP contribution in [0, 0.1) is 11.6 Å². The van der Waals surface area contributed by atoms with Gasteiger partial charge in [0.05, 0.1) is 5.60 Å². The van der Waals surface area contributed by atoms with E-state index in [1.54, 1.807) is 0 Å². The number of nitrogens with zero attached hydrogens (tertiary/aromatic N) is 1. The highest BCUT2D eigenvalue weighted by molar-refractivity contribution is 5.18. The van der Waals surface area contributed by atoms with Crippen LogP contribution in [0.25, 0.3) is 0 Å². The molecule has 0 bridgehead atoms. The standard InChI is InChI=1S/C13H17F2NO/c1-13(17)4-6-16(7-5-13)9-10-8-11(14)2-3-12(10)15/h2-3,8,17H,4-7,9H2,1H3. The molecule has 0 saturated carbocycles. The lowest BCUT2D eigenvalue weighted by Crippen LogP contribution is -2.42. The summed E-state index contributed by atoms with van der Waals surface area (Å²) in [6, 6.07) is 3.52. The van der Waals surface area contributed by atoms with E-state index in [2.05, 4.69) is 0 Å². The first-order valence-electron chi connectivity index (χ1n) is 5.85. The summed E-state index contributed by atoms with van der Waals surface area (Å²) in [5.74, 6) is -0.783. The quantitative estimate of drug-likeness (QED) is 0.859. The maximum Gasteiger partial charge on any atom is 0.127 e. The van der Waals surface area contributed by atoms with Gasteiger partial charge in [-0.15, -0.1) is 0 Å². The number of halogens is 2. The molecule has 0 spiro atoms. The van der Waals surface area contributed by atoms with Crippen LogP contribution in [0.3, 0.4) is 0 Å². The van der Waals surface area contributed by atoms with Gasteiger partial charge in [0.25, 0.3) is 0 Å². The van der Waals surface area contributed by atoms with E-state index in [9.17, 15) is 13.9 Å². The summed E-state index contributed by atoms with van der Waals surface area (Å²) in [5, 5.41) is 9.80. The highest BCUT2D eigenvalue weighted by Gasteiger charge is 2.27. The third-order valence-electron chi connectivity index (χ3n) is 3.33. The van der Waals surface area contributed by atoms with E-state index in [1.165, 1.54) is 6.07 Å². The van der Waals surface area contributed by atoms with Crippen molar-refractivity contribution in [2.45, 2.75) is 31.9 Å². The van der Waals surface area contributed by atoms with Crippen LogP contribution in [0.5, 0.6) is 0 Å². The molecule has 1 aromatic rings.